The third-order valence-corrected chi connectivity index (χ3v) is 4.02. The van der Waals surface area contributed by atoms with Crippen LogP contribution in [0.15, 0.2) is 5.38 Å². The first-order valence-electron chi connectivity index (χ1n) is 7.31. The van der Waals surface area contributed by atoms with Crippen LogP contribution in [0.2, 0.25) is 0 Å². The van der Waals surface area contributed by atoms with E-state index in [-0.39, 0.29) is 11.0 Å². The Bertz CT molecular complexity index is 424. The number of aliphatic hydroxyl groups is 1. The van der Waals surface area contributed by atoms with Crippen molar-refractivity contribution in [3.05, 3.63) is 16.1 Å². The molecule has 1 heterocycles. The lowest BCUT2D eigenvalue weighted by molar-refractivity contribution is 0.0498. The zero-order chi connectivity index (χ0) is 15.6. The van der Waals surface area contributed by atoms with E-state index >= 15 is 0 Å². The molecule has 1 rings (SSSR count). The van der Waals surface area contributed by atoms with Gasteiger partial charge in [-0.15, -0.1) is 11.3 Å². The van der Waals surface area contributed by atoms with Crippen LogP contribution < -0.4 is 5.32 Å². The van der Waals surface area contributed by atoms with Crippen molar-refractivity contribution >= 4 is 11.3 Å². The first-order valence-corrected chi connectivity index (χ1v) is 8.19. The average Bonchev–Trinajstić information content (AvgIpc) is 2.61. The highest BCUT2D eigenvalue weighted by Gasteiger charge is 2.25. The van der Waals surface area contributed by atoms with Crippen LogP contribution in [0.3, 0.4) is 0 Å². The molecule has 0 amide bonds. The van der Waals surface area contributed by atoms with Crippen molar-refractivity contribution < 1.29 is 5.11 Å². The monoisotopic (exact) mass is 298 g/mol. The van der Waals surface area contributed by atoms with E-state index in [1.165, 1.54) is 0 Å². The molecule has 0 spiro atoms. The van der Waals surface area contributed by atoms with E-state index in [0.29, 0.717) is 6.42 Å². The molecule has 1 aromatic heterocycles. The van der Waals surface area contributed by atoms with Gasteiger partial charge in [0.05, 0.1) is 16.3 Å². The summed E-state index contributed by atoms with van der Waals surface area (Å²) in [5, 5.41) is 17.1. The molecule has 0 aliphatic carbocycles. The lowest BCUT2D eigenvalue weighted by atomic mass is 9.93. The summed E-state index contributed by atoms with van der Waals surface area (Å²) >= 11 is 1.65. The summed E-state index contributed by atoms with van der Waals surface area (Å²) in [5.41, 5.74) is 0.581. The summed E-state index contributed by atoms with van der Waals surface area (Å²) < 4.78 is 0. The second-order valence-electron chi connectivity index (χ2n) is 7.98. The highest BCUT2D eigenvalue weighted by atomic mass is 32.1. The van der Waals surface area contributed by atoms with Crippen LogP contribution in [-0.4, -0.2) is 27.8 Å². The van der Waals surface area contributed by atoms with Crippen molar-refractivity contribution in [1.29, 1.82) is 0 Å². The zero-order valence-corrected chi connectivity index (χ0v) is 14.8. The van der Waals surface area contributed by atoms with Crippen molar-refractivity contribution in [3.8, 4) is 0 Å². The fourth-order valence-electron chi connectivity index (χ4n) is 1.86. The fourth-order valence-corrected chi connectivity index (χ4v) is 3.06. The number of nitrogens with one attached hydrogen (secondary N) is 1. The largest absolute Gasteiger partial charge is 0.390 e. The Balaban J connectivity index is 2.56. The van der Waals surface area contributed by atoms with E-state index in [0.717, 1.165) is 23.7 Å². The van der Waals surface area contributed by atoms with Gasteiger partial charge in [-0.25, -0.2) is 4.98 Å². The first-order chi connectivity index (χ1) is 8.89. The summed E-state index contributed by atoms with van der Waals surface area (Å²) in [6, 6.07) is 0. The van der Waals surface area contributed by atoms with Crippen molar-refractivity contribution in [2.75, 3.05) is 6.54 Å². The average molecular weight is 298 g/mol. The SMILES string of the molecule is CC(O)(CCNC(C)(C)C)Cc1nc(C(C)(C)C)cs1. The van der Waals surface area contributed by atoms with Gasteiger partial charge >= 0.3 is 0 Å². The molecule has 0 bridgehead atoms. The molecule has 0 aliphatic rings. The minimum absolute atomic E-state index is 0.0778. The van der Waals surface area contributed by atoms with Crippen LogP contribution in [-0.2, 0) is 11.8 Å². The van der Waals surface area contributed by atoms with E-state index in [1.807, 2.05) is 6.92 Å². The third kappa shape index (κ3) is 6.33. The van der Waals surface area contributed by atoms with Gasteiger partial charge in [0.2, 0.25) is 0 Å². The zero-order valence-electron chi connectivity index (χ0n) is 14.0. The second kappa shape index (κ2) is 6.12. The number of thiazole rings is 1. The van der Waals surface area contributed by atoms with Gasteiger partial charge in [0.1, 0.15) is 0 Å². The standard InChI is InChI=1S/C16H30N2OS/c1-14(2,3)12-11-20-13(18-12)10-16(7,19)8-9-17-15(4,5)6/h11,17,19H,8-10H2,1-7H3. The third-order valence-electron chi connectivity index (χ3n) is 3.17. The maximum atomic E-state index is 10.5. The van der Waals surface area contributed by atoms with E-state index in [4.69, 9.17) is 0 Å². The highest BCUT2D eigenvalue weighted by Crippen LogP contribution is 2.26. The van der Waals surface area contributed by atoms with Gasteiger partial charge in [-0.1, -0.05) is 20.8 Å². The molecule has 0 aliphatic heterocycles. The molecule has 0 saturated heterocycles. The lowest BCUT2D eigenvalue weighted by Gasteiger charge is -2.26. The Morgan fingerprint density at radius 3 is 2.20 bits per heavy atom. The molecule has 4 heteroatoms. The minimum Gasteiger partial charge on any atom is -0.390 e. The number of rotatable bonds is 5. The van der Waals surface area contributed by atoms with Crippen LogP contribution in [0.5, 0.6) is 0 Å². The number of hydrogen-bond donors (Lipinski definition) is 2. The predicted molar refractivity (Wildman–Crippen MR) is 87.5 cm³/mol. The van der Waals surface area contributed by atoms with Crippen LogP contribution in [0, 0.1) is 0 Å². The summed E-state index contributed by atoms with van der Waals surface area (Å²) in [4.78, 5) is 4.66. The van der Waals surface area contributed by atoms with Gasteiger partial charge in [0.25, 0.3) is 0 Å². The van der Waals surface area contributed by atoms with Gasteiger partial charge in [-0.2, -0.15) is 0 Å². The Labute approximate surface area is 127 Å². The molecule has 0 radical (unpaired) electrons. The predicted octanol–water partition coefficient (Wildman–Crippen LogP) is 3.51. The minimum atomic E-state index is -0.703. The highest BCUT2D eigenvalue weighted by molar-refractivity contribution is 7.09. The molecule has 3 nitrogen and oxygen atoms in total. The van der Waals surface area contributed by atoms with E-state index in [9.17, 15) is 5.11 Å². The van der Waals surface area contributed by atoms with Crippen LogP contribution in [0.1, 0.15) is 65.6 Å². The van der Waals surface area contributed by atoms with Crippen molar-refractivity contribution in [2.45, 2.75) is 77.9 Å². The topological polar surface area (TPSA) is 45.1 Å². The van der Waals surface area contributed by atoms with E-state index < -0.39 is 5.60 Å². The summed E-state index contributed by atoms with van der Waals surface area (Å²) in [5.74, 6) is 0. The van der Waals surface area contributed by atoms with Gasteiger partial charge in [-0.3, -0.25) is 0 Å². The molecule has 20 heavy (non-hydrogen) atoms. The van der Waals surface area contributed by atoms with Gasteiger partial charge in [0.15, 0.2) is 0 Å². The maximum absolute atomic E-state index is 10.5. The van der Waals surface area contributed by atoms with Gasteiger partial charge in [-0.05, 0) is 40.7 Å². The summed E-state index contributed by atoms with van der Waals surface area (Å²) in [7, 11) is 0. The normalized spacial score (nSPS) is 16.2. The molecular formula is C16H30N2OS. The van der Waals surface area contributed by atoms with Gasteiger partial charge < -0.3 is 10.4 Å². The maximum Gasteiger partial charge on any atom is 0.0957 e. The van der Waals surface area contributed by atoms with Crippen molar-refractivity contribution in [2.24, 2.45) is 0 Å². The second-order valence-corrected chi connectivity index (χ2v) is 8.92. The molecule has 0 saturated carbocycles. The first kappa shape index (κ1) is 17.6. The smallest absolute Gasteiger partial charge is 0.0957 e. The quantitative estimate of drug-likeness (QED) is 0.874. The number of aromatic nitrogens is 1. The Morgan fingerprint density at radius 1 is 1.15 bits per heavy atom. The molecule has 1 unspecified atom stereocenters. The fraction of sp³-hybridized carbons (Fsp3) is 0.812. The van der Waals surface area contributed by atoms with E-state index in [2.05, 4.69) is 57.2 Å². The van der Waals surface area contributed by atoms with Crippen LogP contribution in [0.25, 0.3) is 0 Å². The van der Waals surface area contributed by atoms with Crippen molar-refractivity contribution in [1.82, 2.24) is 10.3 Å². The summed E-state index contributed by atoms with van der Waals surface area (Å²) in [6.45, 7) is 15.6. The molecule has 116 valence electrons. The molecule has 1 aromatic rings. The number of hydrogen-bond acceptors (Lipinski definition) is 4. The summed E-state index contributed by atoms with van der Waals surface area (Å²) in [6.07, 6.45) is 1.36. The Hall–Kier alpha value is -0.450. The molecular weight excluding hydrogens is 268 g/mol. The lowest BCUT2D eigenvalue weighted by Crippen LogP contribution is -2.40. The molecule has 0 fully saturated rings. The van der Waals surface area contributed by atoms with E-state index in [1.54, 1.807) is 11.3 Å². The van der Waals surface area contributed by atoms with Gasteiger partial charge in [0, 0.05) is 22.8 Å². The Kier molecular flexibility index (Phi) is 5.39. The number of nitrogens with zero attached hydrogens (tertiary/aromatic N) is 1. The van der Waals surface area contributed by atoms with Crippen LogP contribution in [0.4, 0.5) is 0 Å². The molecule has 1 atom stereocenters. The molecule has 0 aromatic carbocycles. The Morgan fingerprint density at radius 2 is 1.75 bits per heavy atom. The molecule has 2 N–H and O–H groups in total. The van der Waals surface area contributed by atoms with Crippen LogP contribution >= 0.6 is 11.3 Å². The van der Waals surface area contributed by atoms with Crippen molar-refractivity contribution in [3.63, 3.8) is 0 Å².